The average molecular weight is 166 g/mol. The van der Waals surface area contributed by atoms with Gasteiger partial charge in [-0.15, -0.1) is 0 Å². The van der Waals surface area contributed by atoms with Gasteiger partial charge in [-0.2, -0.15) is 0 Å². The Hall–Kier alpha value is -0.560. The molecule has 0 aromatic heterocycles. The van der Waals surface area contributed by atoms with Gasteiger partial charge in [0, 0.05) is 0 Å². The quantitative estimate of drug-likeness (QED) is 0.639. The summed E-state index contributed by atoms with van der Waals surface area (Å²) < 4.78 is 0. The molecule has 0 bridgehead atoms. The molecule has 0 aromatic rings. The van der Waals surface area contributed by atoms with Crippen LogP contribution in [-0.2, 0) is 0 Å². The topological polar surface area (TPSA) is 20.2 Å². The molecule has 0 heterocycles. The summed E-state index contributed by atoms with van der Waals surface area (Å²) in [4.78, 5) is 0. The molecule has 1 rings (SSSR count). The first-order valence-electron chi connectivity index (χ1n) is 4.77. The number of hydrogen-bond acceptors (Lipinski definition) is 1. The first-order valence-corrected chi connectivity index (χ1v) is 4.77. The highest BCUT2D eigenvalue weighted by Crippen LogP contribution is 2.28. The maximum Gasteiger partial charge on any atom is 0.0758 e. The second kappa shape index (κ2) is 4.46. The van der Waals surface area contributed by atoms with Gasteiger partial charge < -0.3 is 5.11 Å². The van der Waals surface area contributed by atoms with E-state index in [0.29, 0.717) is 0 Å². The SMILES string of the molecule is CC/C=C\CC1=C(C)CCC1O. The second-order valence-electron chi connectivity index (χ2n) is 3.44. The molecule has 1 nitrogen and oxygen atoms in total. The van der Waals surface area contributed by atoms with Gasteiger partial charge in [-0.25, -0.2) is 0 Å². The number of hydrogen-bond donors (Lipinski definition) is 1. The number of aliphatic hydroxyl groups excluding tert-OH is 1. The maximum atomic E-state index is 9.57. The van der Waals surface area contributed by atoms with Crippen LogP contribution in [-0.4, -0.2) is 11.2 Å². The van der Waals surface area contributed by atoms with Crippen molar-refractivity contribution in [3.8, 4) is 0 Å². The van der Waals surface area contributed by atoms with Crippen LogP contribution in [0.5, 0.6) is 0 Å². The zero-order valence-corrected chi connectivity index (χ0v) is 8.01. The van der Waals surface area contributed by atoms with Gasteiger partial charge in [0.2, 0.25) is 0 Å². The summed E-state index contributed by atoms with van der Waals surface area (Å²) in [5.74, 6) is 0. The molecule has 0 amide bonds. The Labute approximate surface area is 74.8 Å². The molecule has 1 heteroatoms. The molecule has 0 saturated heterocycles. The van der Waals surface area contributed by atoms with E-state index in [9.17, 15) is 5.11 Å². The fourth-order valence-electron chi connectivity index (χ4n) is 1.66. The fraction of sp³-hybridized carbons (Fsp3) is 0.636. The molecule has 0 radical (unpaired) electrons. The van der Waals surface area contributed by atoms with Crippen LogP contribution in [0.2, 0.25) is 0 Å². The lowest BCUT2D eigenvalue weighted by Gasteiger charge is -2.05. The van der Waals surface area contributed by atoms with Crippen molar-refractivity contribution in [1.82, 2.24) is 0 Å². The van der Waals surface area contributed by atoms with Crippen molar-refractivity contribution in [1.29, 1.82) is 0 Å². The van der Waals surface area contributed by atoms with Gasteiger partial charge in [-0.1, -0.05) is 24.6 Å². The highest BCUT2D eigenvalue weighted by molar-refractivity contribution is 5.24. The van der Waals surface area contributed by atoms with E-state index in [1.165, 1.54) is 11.1 Å². The Balaban J connectivity index is 2.49. The molecule has 1 aliphatic carbocycles. The minimum Gasteiger partial charge on any atom is -0.389 e. The van der Waals surface area contributed by atoms with Crippen LogP contribution in [0.3, 0.4) is 0 Å². The van der Waals surface area contributed by atoms with Crippen LogP contribution < -0.4 is 0 Å². The summed E-state index contributed by atoms with van der Waals surface area (Å²) in [7, 11) is 0. The highest BCUT2D eigenvalue weighted by Gasteiger charge is 2.18. The van der Waals surface area contributed by atoms with Gasteiger partial charge in [0.05, 0.1) is 6.10 Å². The van der Waals surface area contributed by atoms with Crippen LogP contribution in [0, 0.1) is 0 Å². The van der Waals surface area contributed by atoms with E-state index in [0.717, 1.165) is 25.7 Å². The van der Waals surface area contributed by atoms with Crippen molar-refractivity contribution in [3.63, 3.8) is 0 Å². The summed E-state index contributed by atoms with van der Waals surface area (Å²) in [5, 5.41) is 9.57. The average Bonchev–Trinajstić information content (AvgIpc) is 2.35. The van der Waals surface area contributed by atoms with Crippen molar-refractivity contribution in [2.75, 3.05) is 0 Å². The summed E-state index contributed by atoms with van der Waals surface area (Å²) >= 11 is 0. The minimum atomic E-state index is -0.161. The largest absolute Gasteiger partial charge is 0.389 e. The summed E-state index contributed by atoms with van der Waals surface area (Å²) in [6.45, 7) is 4.26. The summed E-state index contributed by atoms with van der Waals surface area (Å²) in [6.07, 6.45) is 8.20. The lowest BCUT2D eigenvalue weighted by atomic mass is 10.1. The number of aliphatic hydroxyl groups is 1. The normalized spacial score (nSPS) is 24.4. The van der Waals surface area contributed by atoms with Crippen molar-refractivity contribution < 1.29 is 5.11 Å². The molecule has 0 spiro atoms. The minimum absolute atomic E-state index is 0.161. The Kier molecular flexibility index (Phi) is 3.54. The van der Waals surface area contributed by atoms with Gasteiger partial charge in [0.15, 0.2) is 0 Å². The molecule has 0 aromatic carbocycles. The Morgan fingerprint density at radius 2 is 2.25 bits per heavy atom. The Morgan fingerprint density at radius 3 is 2.75 bits per heavy atom. The zero-order valence-electron chi connectivity index (χ0n) is 8.01. The molecular formula is C11H18O. The van der Waals surface area contributed by atoms with Crippen LogP contribution in [0.25, 0.3) is 0 Å². The van der Waals surface area contributed by atoms with Crippen molar-refractivity contribution in [2.24, 2.45) is 0 Å². The van der Waals surface area contributed by atoms with E-state index >= 15 is 0 Å². The van der Waals surface area contributed by atoms with Crippen LogP contribution in [0.15, 0.2) is 23.3 Å². The predicted molar refractivity (Wildman–Crippen MR) is 52.0 cm³/mol. The smallest absolute Gasteiger partial charge is 0.0758 e. The number of allylic oxidation sites excluding steroid dienone is 3. The second-order valence-corrected chi connectivity index (χ2v) is 3.44. The lowest BCUT2D eigenvalue weighted by Crippen LogP contribution is -2.03. The van der Waals surface area contributed by atoms with E-state index in [2.05, 4.69) is 26.0 Å². The van der Waals surface area contributed by atoms with E-state index in [4.69, 9.17) is 0 Å². The maximum absolute atomic E-state index is 9.57. The van der Waals surface area contributed by atoms with E-state index in [1.54, 1.807) is 0 Å². The highest BCUT2D eigenvalue weighted by atomic mass is 16.3. The molecule has 0 aliphatic heterocycles. The lowest BCUT2D eigenvalue weighted by molar-refractivity contribution is 0.210. The molecule has 0 fully saturated rings. The first kappa shape index (κ1) is 9.53. The molecule has 1 unspecified atom stereocenters. The molecule has 1 aliphatic rings. The van der Waals surface area contributed by atoms with Gasteiger partial charge in [0.25, 0.3) is 0 Å². The summed E-state index contributed by atoms with van der Waals surface area (Å²) in [6, 6.07) is 0. The molecule has 0 saturated carbocycles. The molecule has 1 atom stereocenters. The van der Waals surface area contributed by atoms with Crippen molar-refractivity contribution in [3.05, 3.63) is 23.3 Å². The molecule has 12 heavy (non-hydrogen) atoms. The fourth-order valence-corrected chi connectivity index (χ4v) is 1.66. The molecular weight excluding hydrogens is 148 g/mol. The first-order chi connectivity index (χ1) is 5.75. The van der Waals surface area contributed by atoms with E-state index in [1.807, 2.05) is 0 Å². The third kappa shape index (κ3) is 2.21. The van der Waals surface area contributed by atoms with Gasteiger partial charge in [-0.3, -0.25) is 0 Å². The predicted octanol–water partition coefficient (Wildman–Crippen LogP) is 2.81. The van der Waals surface area contributed by atoms with Crippen LogP contribution in [0.4, 0.5) is 0 Å². The van der Waals surface area contributed by atoms with Gasteiger partial charge >= 0.3 is 0 Å². The molecule has 68 valence electrons. The van der Waals surface area contributed by atoms with Crippen LogP contribution in [0.1, 0.15) is 39.5 Å². The van der Waals surface area contributed by atoms with Crippen LogP contribution >= 0.6 is 0 Å². The third-order valence-electron chi connectivity index (χ3n) is 2.48. The molecule has 1 N–H and O–H groups in total. The van der Waals surface area contributed by atoms with Gasteiger partial charge in [0.1, 0.15) is 0 Å². The van der Waals surface area contributed by atoms with Gasteiger partial charge in [-0.05, 0) is 38.2 Å². The zero-order chi connectivity index (χ0) is 8.97. The van der Waals surface area contributed by atoms with E-state index < -0.39 is 0 Å². The van der Waals surface area contributed by atoms with E-state index in [-0.39, 0.29) is 6.10 Å². The van der Waals surface area contributed by atoms with Crippen molar-refractivity contribution in [2.45, 2.75) is 45.6 Å². The Morgan fingerprint density at radius 1 is 1.50 bits per heavy atom. The standard InChI is InChI=1S/C11H18O/c1-3-4-5-6-10-9(2)7-8-11(10)12/h4-5,11-12H,3,6-8H2,1-2H3/b5-4-. The monoisotopic (exact) mass is 166 g/mol. The van der Waals surface area contributed by atoms with Crippen molar-refractivity contribution >= 4 is 0 Å². The Bertz CT molecular complexity index is 201. The number of rotatable bonds is 3. The third-order valence-corrected chi connectivity index (χ3v) is 2.48. The summed E-state index contributed by atoms with van der Waals surface area (Å²) in [5.41, 5.74) is 2.64.